The largest absolute Gasteiger partial charge is 0.496 e. The maximum Gasteiger partial charge on any atom is 0.410 e. The lowest BCUT2D eigenvalue weighted by Gasteiger charge is -2.34. The fraction of sp³-hybridized carbons (Fsp3) is 0.538. The van der Waals surface area contributed by atoms with Gasteiger partial charge in [0.15, 0.2) is 5.82 Å². The van der Waals surface area contributed by atoms with Crippen molar-refractivity contribution in [2.24, 2.45) is 7.05 Å². The van der Waals surface area contributed by atoms with Crippen LogP contribution in [0.4, 0.5) is 10.6 Å². The van der Waals surface area contributed by atoms with Gasteiger partial charge in [-0.3, -0.25) is 9.36 Å². The number of nitrogens with one attached hydrogen (secondary N) is 1. The van der Waals surface area contributed by atoms with Crippen LogP contribution in [-0.2, 0) is 11.8 Å². The topological polar surface area (TPSA) is 98.6 Å². The molecule has 1 atom stereocenters. The minimum Gasteiger partial charge on any atom is -0.496 e. The summed E-state index contributed by atoms with van der Waals surface area (Å²) in [7, 11) is 1.72. The molecule has 1 aromatic carbocycles. The number of aromatic nitrogens is 3. The van der Waals surface area contributed by atoms with Crippen molar-refractivity contribution in [3.63, 3.8) is 0 Å². The van der Waals surface area contributed by atoms with Gasteiger partial charge in [0.1, 0.15) is 19.4 Å². The van der Waals surface area contributed by atoms with Crippen molar-refractivity contribution in [3.8, 4) is 28.6 Å². The Morgan fingerprint density at radius 1 is 1.22 bits per heavy atom. The van der Waals surface area contributed by atoms with E-state index in [0.29, 0.717) is 30.2 Å². The first-order chi connectivity index (χ1) is 16.8. The number of benzene rings is 1. The number of methoxy groups -OCH3 is 1. The van der Waals surface area contributed by atoms with E-state index in [0.717, 1.165) is 18.4 Å². The van der Waals surface area contributed by atoms with Crippen molar-refractivity contribution < 1.29 is 14.3 Å². The van der Waals surface area contributed by atoms with Gasteiger partial charge in [-0.15, -0.1) is 15.7 Å². The lowest BCUT2D eigenvalue weighted by atomic mass is 10.1. The number of rotatable bonds is 4. The highest BCUT2D eigenvalue weighted by Crippen LogP contribution is 2.28. The molecule has 36 heavy (non-hydrogen) atoms. The second kappa shape index (κ2) is 10.7. The molecule has 3 rings (SSSR count). The van der Waals surface area contributed by atoms with Gasteiger partial charge in [0.25, 0.3) is 5.56 Å². The normalized spacial score (nSPS) is 16.1. The van der Waals surface area contributed by atoms with Crippen LogP contribution in [0.25, 0.3) is 11.4 Å². The third-order valence-electron chi connectivity index (χ3n) is 5.51. The van der Waals surface area contributed by atoms with E-state index in [-0.39, 0.29) is 23.5 Å². The third kappa shape index (κ3) is 7.10. The molecule has 10 heteroatoms. The van der Waals surface area contributed by atoms with Gasteiger partial charge in [0, 0.05) is 31.7 Å². The first-order valence-corrected chi connectivity index (χ1v) is 15.7. The highest BCUT2D eigenvalue weighted by molar-refractivity contribution is 6.83. The molecule has 1 aromatic heterocycles. The van der Waals surface area contributed by atoms with E-state index in [1.54, 1.807) is 19.1 Å². The zero-order chi connectivity index (χ0) is 26.7. The van der Waals surface area contributed by atoms with Crippen molar-refractivity contribution in [2.45, 2.75) is 64.9 Å². The van der Waals surface area contributed by atoms with Gasteiger partial charge in [0.05, 0.1) is 12.7 Å². The molecule has 1 saturated heterocycles. The van der Waals surface area contributed by atoms with Crippen molar-refractivity contribution in [1.29, 1.82) is 0 Å². The van der Waals surface area contributed by atoms with Gasteiger partial charge >= 0.3 is 6.09 Å². The van der Waals surface area contributed by atoms with Crippen LogP contribution < -0.4 is 15.6 Å². The van der Waals surface area contributed by atoms with Crippen molar-refractivity contribution in [2.75, 3.05) is 25.5 Å². The number of hydrogen-bond acceptors (Lipinski definition) is 7. The fourth-order valence-corrected chi connectivity index (χ4v) is 4.30. The zero-order valence-corrected chi connectivity index (χ0v) is 23.6. The summed E-state index contributed by atoms with van der Waals surface area (Å²) in [5.41, 5.74) is 3.98. The Labute approximate surface area is 214 Å². The molecule has 0 unspecified atom stereocenters. The number of nitrogens with zero attached hydrogens (tertiary/aromatic N) is 4. The van der Waals surface area contributed by atoms with E-state index in [9.17, 15) is 9.59 Å². The van der Waals surface area contributed by atoms with Gasteiger partial charge in [-0.2, -0.15) is 0 Å². The van der Waals surface area contributed by atoms with Gasteiger partial charge in [-0.05, 0) is 51.8 Å². The van der Waals surface area contributed by atoms with Crippen LogP contribution in [0.1, 0.15) is 39.2 Å². The number of amides is 1. The average molecular weight is 512 g/mol. The van der Waals surface area contributed by atoms with Crippen LogP contribution in [-0.4, -0.2) is 65.7 Å². The summed E-state index contributed by atoms with van der Waals surface area (Å²) in [4.78, 5) is 27.3. The Kier molecular flexibility index (Phi) is 8.14. The number of likely N-dealkylation sites (tertiary alicyclic amines) is 1. The molecule has 0 aliphatic carbocycles. The maximum absolute atomic E-state index is 13.2. The van der Waals surface area contributed by atoms with Crippen molar-refractivity contribution in [3.05, 3.63) is 34.1 Å². The Morgan fingerprint density at radius 2 is 1.94 bits per heavy atom. The summed E-state index contributed by atoms with van der Waals surface area (Å²) in [6.45, 7) is 13.1. The average Bonchev–Trinajstić information content (AvgIpc) is 2.79. The molecule has 1 amide bonds. The summed E-state index contributed by atoms with van der Waals surface area (Å²) in [6, 6.07) is 5.48. The lowest BCUT2D eigenvalue weighted by molar-refractivity contribution is 0.0206. The third-order valence-corrected chi connectivity index (χ3v) is 6.38. The number of carbonyl (C=O) groups excluding carboxylic acids is 1. The predicted octanol–water partition coefficient (Wildman–Crippen LogP) is 3.89. The fourth-order valence-electron chi connectivity index (χ4n) is 3.78. The standard InChI is InChI=1S/C26H37N5O4Si/c1-26(2,3)35-25(33)31-14-9-10-19(17-31)27-22-24(32)30(4)23(29-28-22)20-12-11-18(16-21(20)34-5)13-15-36(6,7)8/h11-12,16,19H,9-10,14,17H2,1-8H3,(H,27,28)/t19-/m1/s1. The Hall–Kier alpha value is -3.32. The van der Waals surface area contributed by atoms with Crippen LogP contribution >= 0.6 is 0 Å². The monoisotopic (exact) mass is 511 g/mol. The van der Waals surface area contributed by atoms with E-state index in [1.165, 1.54) is 4.57 Å². The molecule has 0 saturated carbocycles. The molecule has 2 heterocycles. The highest BCUT2D eigenvalue weighted by atomic mass is 28.3. The van der Waals surface area contributed by atoms with Crippen molar-refractivity contribution in [1.82, 2.24) is 19.7 Å². The number of carbonyl (C=O) groups is 1. The molecular formula is C26H37N5O4Si. The lowest BCUT2D eigenvalue weighted by Crippen LogP contribution is -2.47. The second-order valence-corrected chi connectivity index (χ2v) is 15.8. The van der Waals surface area contributed by atoms with E-state index in [2.05, 4.69) is 46.6 Å². The quantitative estimate of drug-likeness (QED) is 0.491. The summed E-state index contributed by atoms with van der Waals surface area (Å²) in [6.07, 6.45) is 1.25. The summed E-state index contributed by atoms with van der Waals surface area (Å²) in [5, 5.41) is 11.7. The molecule has 9 nitrogen and oxygen atoms in total. The molecule has 0 bridgehead atoms. The van der Waals surface area contributed by atoms with Crippen LogP contribution in [0.5, 0.6) is 5.75 Å². The SMILES string of the molecule is COc1cc(C#C[Si](C)(C)C)ccc1-c1nnc(N[C@@H]2CCCN(C(=O)OC(C)(C)C)C2)c(=O)n1C. The summed E-state index contributed by atoms with van der Waals surface area (Å²) >= 11 is 0. The Bertz CT molecular complexity index is 1230. The zero-order valence-electron chi connectivity index (χ0n) is 22.6. The molecule has 1 aliphatic rings. The molecule has 1 aliphatic heterocycles. The molecule has 0 spiro atoms. The molecule has 1 N–H and O–H groups in total. The van der Waals surface area contributed by atoms with Gasteiger partial charge in [-0.25, -0.2) is 4.79 Å². The second-order valence-electron chi connectivity index (χ2n) is 11.1. The minimum absolute atomic E-state index is 0.127. The van der Waals surface area contributed by atoms with Crippen LogP contribution in [0.15, 0.2) is 23.0 Å². The summed E-state index contributed by atoms with van der Waals surface area (Å²) in [5.74, 6) is 4.34. The highest BCUT2D eigenvalue weighted by Gasteiger charge is 2.28. The van der Waals surface area contributed by atoms with Crippen LogP contribution in [0.3, 0.4) is 0 Å². The molecular weight excluding hydrogens is 474 g/mol. The number of ether oxygens (including phenoxy) is 2. The Morgan fingerprint density at radius 3 is 2.58 bits per heavy atom. The molecule has 1 fully saturated rings. The van der Waals surface area contributed by atoms with E-state index in [4.69, 9.17) is 9.47 Å². The number of piperidine rings is 1. The van der Waals surface area contributed by atoms with Gasteiger partial charge < -0.3 is 19.7 Å². The number of anilines is 1. The minimum atomic E-state index is -1.51. The molecule has 0 radical (unpaired) electrons. The maximum atomic E-state index is 13.2. The Balaban J connectivity index is 1.81. The smallest absolute Gasteiger partial charge is 0.410 e. The molecule has 194 valence electrons. The molecule has 2 aromatic rings. The van der Waals surface area contributed by atoms with E-state index >= 15 is 0 Å². The van der Waals surface area contributed by atoms with Crippen molar-refractivity contribution >= 4 is 20.0 Å². The van der Waals surface area contributed by atoms with Gasteiger partial charge in [0.2, 0.25) is 5.82 Å². The predicted molar refractivity (Wildman–Crippen MR) is 144 cm³/mol. The first-order valence-electron chi connectivity index (χ1n) is 12.2. The van der Waals surface area contributed by atoms with E-state index < -0.39 is 13.7 Å². The number of hydrogen-bond donors (Lipinski definition) is 1. The van der Waals surface area contributed by atoms with Crippen LogP contribution in [0, 0.1) is 11.5 Å². The van der Waals surface area contributed by atoms with Crippen LogP contribution in [0.2, 0.25) is 19.6 Å². The first kappa shape index (κ1) is 27.3. The summed E-state index contributed by atoms with van der Waals surface area (Å²) < 4.78 is 12.5. The van der Waals surface area contributed by atoms with E-state index in [1.807, 2.05) is 39.0 Å². The van der Waals surface area contributed by atoms with Gasteiger partial charge in [-0.1, -0.05) is 25.6 Å².